The van der Waals surface area contributed by atoms with Gasteiger partial charge in [0.05, 0.1) is 4.75 Å². The van der Waals surface area contributed by atoms with Gasteiger partial charge in [-0.3, -0.25) is 0 Å². The first kappa shape index (κ1) is 15.5. The van der Waals surface area contributed by atoms with Crippen LogP contribution in [-0.2, 0) is 16.4 Å². The molecule has 0 fully saturated rings. The summed E-state index contributed by atoms with van der Waals surface area (Å²) >= 11 is 1.71. The Kier molecular flexibility index (Phi) is 5.25. The molecule has 1 aromatic carbocycles. The van der Waals surface area contributed by atoms with Crippen molar-refractivity contribution in [2.45, 2.75) is 30.0 Å². The molecule has 0 bridgehead atoms. The number of benzene rings is 1. The highest BCUT2D eigenvalue weighted by Crippen LogP contribution is 2.16. The molecule has 1 rings (SSSR count). The van der Waals surface area contributed by atoms with E-state index in [4.69, 9.17) is 0 Å². The van der Waals surface area contributed by atoms with Gasteiger partial charge in [-0.15, -0.1) is 11.8 Å². The summed E-state index contributed by atoms with van der Waals surface area (Å²) in [7, 11) is -3.03. The molecule has 0 aromatic heterocycles. The first-order valence-electron chi connectivity index (χ1n) is 5.79. The molecular weight excluding hydrogens is 266 g/mol. The molecule has 0 saturated carbocycles. The van der Waals surface area contributed by atoms with E-state index in [1.807, 2.05) is 6.26 Å². The van der Waals surface area contributed by atoms with Gasteiger partial charge in [0, 0.05) is 24.2 Å². The first-order valence-corrected chi connectivity index (χ1v) is 8.91. The Hall–Kier alpha value is -0.520. The van der Waals surface area contributed by atoms with Gasteiger partial charge < -0.3 is 5.32 Å². The summed E-state index contributed by atoms with van der Waals surface area (Å²) in [6, 6.07) is 8.27. The Bertz CT molecular complexity index is 478. The Balaban J connectivity index is 2.51. The molecule has 0 amide bonds. The van der Waals surface area contributed by atoms with Crippen molar-refractivity contribution in [2.24, 2.45) is 0 Å². The summed E-state index contributed by atoms with van der Waals surface area (Å²) in [5, 5.41) is 3.20. The summed E-state index contributed by atoms with van der Waals surface area (Å²) in [5.41, 5.74) is 1.16. The average Bonchev–Trinajstić information content (AvgIpc) is 2.28. The molecule has 102 valence electrons. The molecule has 0 heterocycles. The molecule has 5 heteroatoms. The van der Waals surface area contributed by atoms with Gasteiger partial charge in [-0.05, 0) is 37.8 Å². The second-order valence-corrected chi connectivity index (χ2v) is 8.51. The van der Waals surface area contributed by atoms with E-state index >= 15 is 0 Å². The van der Waals surface area contributed by atoms with Crippen LogP contribution in [0.2, 0.25) is 0 Å². The predicted molar refractivity (Wildman–Crippen MR) is 78.9 cm³/mol. The third-order valence-electron chi connectivity index (χ3n) is 3.04. The number of hydrogen-bond donors (Lipinski definition) is 1. The van der Waals surface area contributed by atoms with Gasteiger partial charge in [0.25, 0.3) is 0 Å². The number of sulfone groups is 1. The Morgan fingerprint density at radius 1 is 1.22 bits per heavy atom. The minimum absolute atomic E-state index is 0.454. The first-order chi connectivity index (χ1) is 8.26. The molecule has 0 aliphatic carbocycles. The van der Waals surface area contributed by atoms with Crippen LogP contribution in [0.5, 0.6) is 0 Å². The van der Waals surface area contributed by atoms with Crippen molar-refractivity contribution in [2.75, 3.05) is 19.1 Å². The lowest BCUT2D eigenvalue weighted by molar-refractivity contribution is 0.521. The lowest BCUT2D eigenvalue weighted by Crippen LogP contribution is -2.41. The zero-order valence-corrected chi connectivity index (χ0v) is 13.0. The van der Waals surface area contributed by atoms with Crippen LogP contribution in [0.25, 0.3) is 0 Å². The third kappa shape index (κ3) is 4.30. The standard InChI is InChI=1S/C13H21NO2S2/c1-13(2,18(4,15)16)10-14-9-11-5-7-12(17-3)8-6-11/h5-8,14H,9-10H2,1-4H3. The second-order valence-electron chi connectivity index (χ2n) is 4.98. The summed E-state index contributed by atoms with van der Waals surface area (Å²) in [5.74, 6) is 0. The second kappa shape index (κ2) is 6.08. The monoisotopic (exact) mass is 287 g/mol. The molecule has 0 radical (unpaired) electrons. The van der Waals surface area contributed by atoms with Gasteiger partial charge in [0.1, 0.15) is 0 Å². The largest absolute Gasteiger partial charge is 0.311 e. The van der Waals surface area contributed by atoms with Gasteiger partial charge in [0.15, 0.2) is 9.84 Å². The van der Waals surface area contributed by atoms with E-state index in [9.17, 15) is 8.42 Å². The van der Waals surface area contributed by atoms with Crippen LogP contribution in [0.3, 0.4) is 0 Å². The Morgan fingerprint density at radius 3 is 2.22 bits per heavy atom. The smallest absolute Gasteiger partial charge is 0.153 e. The Morgan fingerprint density at radius 2 is 1.78 bits per heavy atom. The Labute approximate surface area is 114 Å². The molecule has 1 N–H and O–H groups in total. The number of thioether (sulfide) groups is 1. The van der Waals surface area contributed by atoms with E-state index in [1.54, 1.807) is 25.6 Å². The van der Waals surface area contributed by atoms with Crippen LogP contribution >= 0.6 is 11.8 Å². The number of nitrogens with one attached hydrogen (secondary N) is 1. The van der Waals surface area contributed by atoms with Crippen LogP contribution in [0.4, 0.5) is 0 Å². The molecule has 0 aliphatic rings. The fourth-order valence-electron chi connectivity index (χ4n) is 1.38. The average molecular weight is 287 g/mol. The molecule has 0 unspecified atom stereocenters. The number of hydrogen-bond acceptors (Lipinski definition) is 4. The molecule has 3 nitrogen and oxygen atoms in total. The van der Waals surface area contributed by atoms with Crippen molar-refractivity contribution < 1.29 is 8.42 Å². The summed E-state index contributed by atoms with van der Waals surface area (Å²) in [6.07, 6.45) is 3.32. The fraction of sp³-hybridized carbons (Fsp3) is 0.538. The van der Waals surface area contributed by atoms with E-state index < -0.39 is 14.6 Å². The maximum atomic E-state index is 11.5. The van der Waals surface area contributed by atoms with Gasteiger partial charge in [-0.25, -0.2) is 8.42 Å². The van der Waals surface area contributed by atoms with Crippen LogP contribution in [0.15, 0.2) is 29.2 Å². The molecule has 0 saturated heterocycles. The van der Waals surface area contributed by atoms with Gasteiger partial charge in [-0.1, -0.05) is 12.1 Å². The fourth-order valence-corrected chi connectivity index (χ4v) is 2.15. The summed E-state index contributed by atoms with van der Waals surface area (Å²) in [6.45, 7) is 4.63. The van der Waals surface area contributed by atoms with Crippen LogP contribution in [0.1, 0.15) is 19.4 Å². The number of rotatable bonds is 6. The maximum Gasteiger partial charge on any atom is 0.153 e. The van der Waals surface area contributed by atoms with Crippen molar-refractivity contribution in [1.82, 2.24) is 5.32 Å². The highest BCUT2D eigenvalue weighted by atomic mass is 32.2. The van der Waals surface area contributed by atoms with Crippen molar-refractivity contribution in [3.63, 3.8) is 0 Å². The van der Waals surface area contributed by atoms with Crippen LogP contribution in [-0.4, -0.2) is 32.2 Å². The minimum Gasteiger partial charge on any atom is -0.311 e. The topological polar surface area (TPSA) is 46.2 Å². The molecular formula is C13H21NO2S2. The minimum atomic E-state index is -3.03. The lowest BCUT2D eigenvalue weighted by atomic mass is 10.2. The van der Waals surface area contributed by atoms with Crippen molar-refractivity contribution in [3.05, 3.63) is 29.8 Å². The van der Waals surface area contributed by atoms with Crippen LogP contribution in [0, 0.1) is 0 Å². The van der Waals surface area contributed by atoms with E-state index in [2.05, 4.69) is 29.6 Å². The SMILES string of the molecule is CSc1ccc(CNCC(C)(C)S(C)(=O)=O)cc1. The van der Waals surface area contributed by atoms with Gasteiger partial charge in [0.2, 0.25) is 0 Å². The normalized spacial score (nSPS) is 12.7. The van der Waals surface area contributed by atoms with E-state index in [0.29, 0.717) is 13.1 Å². The zero-order chi connectivity index (χ0) is 13.8. The van der Waals surface area contributed by atoms with E-state index in [0.717, 1.165) is 5.56 Å². The van der Waals surface area contributed by atoms with Gasteiger partial charge >= 0.3 is 0 Å². The maximum absolute atomic E-state index is 11.5. The predicted octanol–water partition coefficient (Wildman–Crippen LogP) is 2.32. The molecule has 0 aliphatic heterocycles. The quantitative estimate of drug-likeness (QED) is 0.816. The van der Waals surface area contributed by atoms with E-state index in [1.165, 1.54) is 11.2 Å². The lowest BCUT2D eigenvalue weighted by Gasteiger charge is -2.22. The zero-order valence-electron chi connectivity index (χ0n) is 11.4. The van der Waals surface area contributed by atoms with Gasteiger partial charge in [-0.2, -0.15) is 0 Å². The molecule has 1 aromatic rings. The molecule has 0 atom stereocenters. The highest BCUT2D eigenvalue weighted by Gasteiger charge is 2.29. The van der Waals surface area contributed by atoms with Crippen molar-refractivity contribution >= 4 is 21.6 Å². The van der Waals surface area contributed by atoms with Crippen LogP contribution < -0.4 is 5.32 Å². The molecule has 0 spiro atoms. The third-order valence-corrected chi connectivity index (χ3v) is 5.94. The summed E-state index contributed by atoms with van der Waals surface area (Å²) < 4.78 is 22.3. The summed E-state index contributed by atoms with van der Waals surface area (Å²) in [4.78, 5) is 1.23. The molecule has 18 heavy (non-hydrogen) atoms. The van der Waals surface area contributed by atoms with Crippen molar-refractivity contribution in [3.8, 4) is 0 Å². The van der Waals surface area contributed by atoms with E-state index in [-0.39, 0.29) is 0 Å². The van der Waals surface area contributed by atoms with Crippen molar-refractivity contribution in [1.29, 1.82) is 0 Å². The highest BCUT2D eigenvalue weighted by molar-refractivity contribution is 7.98.